The van der Waals surface area contributed by atoms with Gasteiger partial charge in [0.25, 0.3) is 0 Å². The first-order valence-corrected chi connectivity index (χ1v) is 7.46. The number of hydrogen-bond donors (Lipinski definition) is 1. The van der Waals surface area contributed by atoms with Crippen LogP contribution in [0.5, 0.6) is 0 Å². The van der Waals surface area contributed by atoms with Gasteiger partial charge in [-0.2, -0.15) is 0 Å². The molecule has 2 N–H and O–H groups in total. The predicted octanol–water partition coefficient (Wildman–Crippen LogP) is 3.41. The average Bonchev–Trinajstić information content (AvgIpc) is 3.36. The summed E-state index contributed by atoms with van der Waals surface area (Å²) in [6.07, 6.45) is 2.11. The highest BCUT2D eigenvalue weighted by Gasteiger charge is 2.47. The van der Waals surface area contributed by atoms with Crippen LogP contribution >= 0.6 is 0 Å². The van der Waals surface area contributed by atoms with Crippen LogP contribution in [0, 0.1) is 0 Å². The number of benzene rings is 2. The Morgan fingerprint density at radius 1 is 1.00 bits per heavy atom. The van der Waals surface area contributed by atoms with Crippen molar-refractivity contribution >= 4 is 16.8 Å². The number of carbonyl (C=O) groups is 1. The van der Waals surface area contributed by atoms with Gasteiger partial charge in [0.15, 0.2) is 0 Å². The summed E-state index contributed by atoms with van der Waals surface area (Å²) in [5, 5.41) is 0.822. The zero-order valence-electron chi connectivity index (χ0n) is 12.1. The van der Waals surface area contributed by atoms with Crippen molar-refractivity contribution in [2.45, 2.75) is 18.3 Å². The van der Waals surface area contributed by atoms with Gasteiger partial charge in [-0.05, 0) is 30.5 Å². The summed E-state index contributed by atoms with van der Waals surface area (Å²) in [6, 6.07) is 19.9. The van der Waals surface area contributed by atoms with Gasteiger partial charge in [-0.25, -0.2) is 0 Å². The lowest BCUT2D eigenvalue weighted by Crippen LogP contribution is -2.16. The average molecular weight is 288 g/mol. The van der Waals surface area contributed by atoms with Crippen LogP contribution in [0.3, 0.4) is 0 Å². The molecular weight excluding hydrogens is 272 g/mol. The van der Waals surface area contributed by atoms with Crippen LogP contribution in [0.1, 0.15) is 34.5 Å². The summed E-state index contributed by atoms with van der Waals surface area (Å²) >= 11 is 0. The molecule has 3 aromatic rings. The first-order chi connectivity index (χ1) is 10.7. The molecule has 1 aliphatic carbocycles. The van der Waals surface area contributed by atoms with Crippen molar-refractivity contribution in [2.75, 3.05) is 0 Å². The predicted molar refractivity (Wildman–Crippen MR) is 86.7 cm³/mol. The minimum Gasteiger partial charge on any atom is -0.366 e. The standard InChI is InChI=1S/C19H16N2O/c20-18(22)15-12-17(21-16-9-5-4-8-14(15)16)19(10-11-19)13-6-2-1-3-7-13/h1-9,12H,10-11H2,(H2,20,22). The lowest BCUT2D eigenvalue weighted by Gasteiger charge is -2.17. The topological polar surface area (TPSA) is 56.0 Å². The van der Waals surface area contributed by atoms with Crippen LogP contribution in [-0.4, -0.2) is 10.9 Å². The normalized spacial score (nSPS) is 15.6. The van der Waals surface area contributed by atoms with Crippen LogP contribution in [-0.2, 0) is 5.41 Å². The fraction of sp³-hybridized carbons (Fsp3) is 0.158. The molecule has 1 aliphatic rings. The fourth-order valence-corrected chi connectivity index (χ4v) is 3.20. The molecule has 4 rings (SSSR count). The molecule has 1 aromatic heterocycles. The van der Waals surface area contributed by atoms with Crippen molar-refractivity contribution in [3.05, 3.63) is 77.5 Å². The first-order valence-electron chi connectivity index (χ1n) is 7.46. The van der Waals surface area contributed by atoms with E-state index < -0.39 is 5.91 Å². The summed E-state index contributed by atoms with van der Waals surface area (Å²) in [5.41, 5.74) is 9.12. The molecule has 0 saturated heterocycles. The van der Waals surface area contributed by atoms with Crippen molar-refractivity contribution < 1.29 is 4.79 Å². The number of pyridine rings is 1. The summed E-state index contributed by atoms with van der Waals surface area (Å²) in [7, 11) is 0. The zero-order chi connectivity index (χ0) is 15.2. The van der Waals surface area contributed by atoms with E-state index in [4.69, 9.17) is 10.7 Å². The van der Waals surface area contributed by atoms with Crippen molar-refractivity contribution in [1.29, 1.82) is 0 Å². The van der Waals surface area contributed by atoms with E-state index in [9.17, 15) is 4.79 Å². The highest BCUT2D eigenvalue weighted by Crippen LogP contribution is 2.53. The Morgan fingerprint density at radius 2 is 1.68 bits per heavy atom. The number of carbonyl (C=O) groups excluding carboxylic acids is 1. The number of fused-ring (bicyclic) bond motifs is 1. The smallest absolute Gasteiger partial charge is 0.249 e. The quantitative estimate of drug-likeness (QED) is 0.803. The second-order valence-electron chi connectivity index (χ2n) is 5.88. The molecule has 0 bridgehead atoms. The number of rotatable bonds is 3. The van der Waals surface area contributed by atoms with Crippen molar-refractivity contribution in [2.24, 2.45) is 5.73 Å². The Morgan fingerprint density at radius 3 is 2.36 bits per heavy atom. The molecule has 108 valence electrons. The molecule has 2 aromatic carbocycles. The molecule has 0 atom stereocenters. The van der Waals surface area contributed by atoms with Gasteiger partial charge in [0.2, 0.25) is 5.91 Å². The van der Waals surface area contributed by atoms with E-state index >= 15 is 0 Å². The molecule has 3 nitrogen and oxygen atoms in total. The van der Waals surface area contributed by atoms with Crippen LogP contribution in [0.4, 0.5) is 0 Å². The lowest BCUT2D eigenvalue weighted by molar-refractivity contribution is 0.100. The number of amides is 1. The molecule has 0 aliphatic heterocycles. The Kier molecular flexibility index (Phi) is 2.76. The molecule has 1 saturated carbocycles. The summed E-state index contributed by atoms with van der Waals surface area (Å²) in [6.45, 7) is 0. The van der Waals surface area contributed by atoms with E-state index in [-0.39, 0.29) is 5.41 Å². The van der Waals surface area contributed by atoms with Crippen molar-refractivity contribution in [3.63, 3.8) is 0 Å². The van der Waals surface area contributed by atoms with Gasteiger partial charge in [-0.3, -0.25) is 9.78 Å². The summed E-state index contributed by atoms with van der Waals surface area (Å²) < 4.78 is 0. The molecule has 0 radical (unpaired) electrons. The van der Waals surface area contributed by atoms with Gasteiger partial charge in [0, 0.05) is 10.8 Å². The lowest BCUT2D eigenvalue weighted by atomic mass is 9.90. The molecule has 0 unspecified atom stereocenters. The molecule has 22 heavy (non-hydrogen) atoms. The molecule has 1 fully saturated rings. The summed E-state index contributed by atoms with van der Waals surface area (Å²) in [5.74, 6) is -0.399. The second-order valence-corrected chi connectivity index (χ2v) is 5.88. The number of nitrogens with two attached hydrogens (primary N) is 1. The minimum atomic E-state index is -0.399. The Balaban J connectivity index is 1.95. The fourth-order valence-electron chi connectivity index (χ4n) is 3.20. The second kappa shape index (κ2) is 4.67. The number of para-hydroxylation sites is 1. The SMILES string of the molecule is NC(=O)c1cc(C2(c3ccccc3)CC2)nc2ccccc12. The van der Waals surface area contributed by atoms with Crippen LogP contribution in [0.2, 0.25) is 0 Å². The van der Waals surface area contributed by atoms with E-state index in [0.29, 0.717) is 5.56 Å². The first kappa shape index (κ1) is 13.0. The van der Waals surface area contributed by atoms with Crippen LogP contribution in [0.15, 0.2) is 60.7 Å². The van der Waals surface area contributed by atoms with Gasteiger partial charge in [-0.15, -0.1) is 0 Å². The third-order valence-corrected chi connectivity index (χ3v) is 4.55. The van der Waals surface area contributed by atoms with Crippen LogP contribution < -0.4 is 5.73 Å². The largest absolute Gasteiger partial charge is 0.366 e. The third-order valence-electron chi connectivity index (χ3n) is 4.55. The van der Waals surface area contributed by atoms with Crippen molar-refractivity contribution in [1.82, 2.24) is 4.98 Å². The maximum absolute atomic E-state index is 11.8. The van der Waals surface area contributed by atoms with Gasteiger partial charge in [0.05, 0.1) is 16.8 Å². The van der Waals surface area contributed by atoms with Crippen molar-refractivity contribution in [3.8, 4) is 0 Å². The maximum atomic E-state index is 11.8. The van der Waals surface area contributed by atoms with E-state index in [1.807, 2.05) is 48.5 Å². The van der Waals surface area contributed by atoms with Crippen LogP contribution in [0.25, 0.3) is 10.9 Å². The zero-order valence-corrected chi connectivity index (χ0v) is 12.1. The van der Waals surface area contributed by atoms with Gasteiger partial charge >= 0.3 is 0 Å². The summed E-state index contributed by atoms with van der Waals surface area (Å²) in [4.78, 5) is 16.7. The third kappa shape index (κ3) is 1.90. The highest BCUT2D eigenvalue weighted by molar-refractivity contribution is 6.05. The Bertz CT molecular complexity index is 867. The number of primary amides is 1. The number of aromatic nitrogens is 1. The monoisotopic (exact) mass is 288 g/mol. The highest BCUT2D eigenvalue weighted by atomic mass is 16.1. The van der Waals surface area contributed by atoms with E-state index in [2.05, 4.69) is 12.1 Å². The number of nitrogens with zero attached hydrogens (tertiary/aromatic N) is 1. The van der Waals surface area contributed by atoms with Gasteiger partial charge in [0.1, 0.15) is 0 Å². The molecule has 1 amide bonds. The Labute approximate surface area is 128 Å². The maximum Gasteiger partial charge on any atom is 0.249 e. The van der Waals surface area contributed by atoms with Gasteiger partial charge in [-0.1, -0.05) is 48.5 Å². The molecule has 0 spiro atoms. The molecule has 3 heteroatoms. The van der Waals surface area contributed by atoms with Gasteiger partial charge < -0.3 is 5.73 Å². The molecular formula is C19H16N2O. The minimum absolute atomic E-state index is 0.0600. The van der Waals surface area contributed by atoms with E-state index in [1.54, 1.807) is 0 Å². The van der Waals surface area contributed by atoms with E-state index in [0.717, 1.165) is 29.4 Å². The van der Waals surface area contributed by atoms with E-state index in [1.165, 1.54) is 5.56 Å². The Hall–Kier alpha value is -2.68. The number of hydrogen-bond acceptors (Lipinski definition) is 2. The molecule has 1 heterocycles.